The molecule has 0 N–H and O–H groups in total. The van der Waals surface area contributed by atoms with E-state index in [0.717, 1.165) is 21.9 Å². The van der Waals surface area contributed by atoms with Gasteiger partial charge in [-0.15, -0.1) is 6.42 Å². The van der Waals surface area contributed by atoms with Gasteiger partial charge in [0.05, 0.1) is 24.7 Å². The highest BCUT2D eigenvalue weighted by Crippen LogP contribution is 2.19. The van der Waals surface area contributed by atoms with Crippen LogP contribution >= 0.6 is 0 Å². The molecule has 1 heterocycles. The number of ether oxygens (including phenoxy) is 2. The maximum absolute atomic E-state index is 14.5. The molecule has 150 valence electrons. The van der Waals surface area contributed by atoms with E-state index in [9.17, 15) is 8.78 Å². The van der Waals surface area contributed by atoms with Gasteiger partial charge in [-0.1, -0.05) is 36.0 Å². The fourth-order valence-electron chi connectivity index (χ4n) is 3.34. The topological polar surface area (TPSA) is 18.5 Å². The van der Waals surface area contributed by atoms with Crippen LogP contribution in [0, 0.1) is 41.7 Å². The molecule has 1 aliphatic rings. The van der Waals surface area contributed by atoms with Crippen molar-refractivity contribution in [1.29, 1.82) is 0 Å². The predicted molar refractivity (Wildman–Crippen MR) is 113 cm³/mol. The first kappa shape index (κ1) is 20.1. The summed E-state index contributed by atoms with van der Waals surface area (Å²) >= 11 is 0. The highest BCUT2D eigenvalue weighted by Gasteiger charge is 2.20. The van der Waals surface area contributed by atoms with Crippen LogP contribution in [0.3, 0.4) is 0 Å². The minimum atomic E-state index is -0.360. The summed E-state index contributed by atoms with van der Waals surface area (Å²) in [5.41, 5.74) is 1.94. The molecule has 0 amide bonds. The molecule has 0 bridgehead atoms. The number of hydrogen-bond acceptors (Lipinski definition) is 2. The van der Waals surface area contributed by atoms with Crippen LogP contribution < -0.4 is 0 Å². The summed E-state index contributed by atoms with van der Waals surface area (Å²) in [6.45, 7) is 0.988. The minimum Gasteiger partial charge on any atom is -0.351 e. The van der Waals surface area contributed by atoms with Gasteiger partial charge < -0.3 is 9.47 Å². The summed E-state index contributed by atoms with van der Waals surface area (Å²) in [7, 11) is 0. The Balaban J connectivity index is 1.40. The number of rotatable bonds is 3. The van der Waals surface area contributed by atoms with E-state index in [1.54, 1.807) is 18.2 Å². The second-order valence-corrected chi connectivity index (χ2v) is 7.27. The van der Waals surface area contributed by atoms with Crippen molar-refractivity contribution in [2.24, 2.45) is 5.92 Å². The summed E-state index contributed by atoms with van der Waals surface area (Å²) in [5.74, 6) is 7.85. The lowest BCUT2D eigenvalue weighted by atomic mass is 10.0. The van der Waals surface area contributed by atoms with Gasteiger partial charge >= 0.3 is 0 Å². The smallest absolute Gasteiger partial charge is 0.158 e. The van der Waals surface area contributed by atoms with E-state index in [2.05, 4.69) is 17.8 Å². The highest BCUT2D eigenvalue weighted by atomic mass is 19.1. The van der Waals surface area contributed by atoms with Crippen LogP contribution in [0.25, 0.3) is 10.8 Å². The molecule has 0 unspecified atom stereocenters. The van der Waals surface area contributed by atoms with E-state index in [4.69, 9.17) is 15.9 Å². The molecule has 3 aromatic carbocycles. The number of fused-ring (bicyclic) bond motifs is 1. The van der Waals surface area contributed by atoms with Crippen LogP contribution in [0.2, 0.25) is 0 Å². The average molecular weight is 402 g/mol. The summed E-state index contributed by atoms with van der Waals surface area (Å²) in [6, 6.07) is 15.1. The van der Waals surface area contributed by atoms with E-state index in [1.165, 1.54) is 18.2 Å². The number of hydrogen-bond donors (Lipinski definition) is 0. The summed E-state index contributed by atoms with van der Waals surface area (Å²) in [5, 5.41) is 1.69. The quantitative estimate of drug-likeness (QED) is 0.570. The minimum absolute atomic E-state index is 0.000298. The first-order valence-corrected chi connectivity index (χ1v) is 9.80. The van der Waals surface area contributed by atoms with Crippen LogP contribution in [-0.4, -0.2) is 19.5 Å². The summed E-state index contributed by atoms with van der Waals surface area (Å²) in [4.78, 5) is 0. The number of terminal acetylenes is 1. The van der Waals surface area contributed by atoms with Crippen molar-refractivity contribution in [1.82, 2.24) is 0 Å². The van der Waals surface area contributed by atoms with Gasteiger partial charge in [0.15, 0.2) is 6.29 Å². The summed E-state index contributed by atoms with van der Waals surface area (Å²) in [6.07, 6.45) is 6.33. The monoisotopic (exact) mass is 402 g/mol. The Hall–Kier alpha value is -3.18. The molecule has 2 nitrogen and oxygen atoms in total. The third-order valence-electron chi connectivity index (χ3n) is 5.05. The predicted octanol–water partition coefficient (Wildman–Crippen LogP) is 5.07. The normalized spacial score (nSPS) is 18.4. The van der Waals surface area contributed by atoms with Crippen LogP contribution in [0.4, 0.5) is 8.78 Å². The van der Waals surface area contributed by atoms with Crippen molar-refractivity contribution in [3.63, 3.8) is 0 Å². The van der Waals surface area contributed by atoms with Gasteiger partial charge in [-0.2, -0.15) is 0 Å². The average Bonchev–Trinajstić information content (AvgIpc) is 2.77. The van der Waals surface area contributed by atoms with Gasteiger partial charge in [0.2, 0.25) is 0 Å². The van der Waals surface area contributed by atoms with Gasteiger partial charge in [-0.3, -0.25) is 0 Å². The largest absolute Gasteiger partial charge is 0.351 e. The summed E-state index contributed by atoms with van der Waals surface area (Å²) < 4.78 is 38.9. The Morgan fingerprint density at radius 3 is 2.43 bits per heavy atom. The number of aryl methyl sites for hydroxylation is 1. The Morgan fingerprint density at radius 1 is 0.900 bits per heavy atom. The Labute approximate surface area is 174 Å². The molecule has 1 saturated heterocycles. The zero-order valence-electron chi connectivity index (χ0n) is 16.3. The lowest BCUT2D eigenvalue weighted by molar-refractivity contribution is -0.193. The van der Waals surface area contributed by atoms with Crippen molar-refractivity contribution >= 4 is 10.8 Å². The van der Waals surface area contributed by atoms with Gasteiger partial charge in [0.25, 0.3) is 0 Å². The van der Waals surface area contributed by atoms with E-state index in [-0.39, 0.29) is 23.8 Å². The fraction of sp³-hybridized carbons (Fsp3) is 0.231. The number of halogens is 2. The van der Waals surface area contributed by atoms with E-state index in [0.29, 0.717) is 31.6 Å². The first-order chi connectivity index (χ1) is 14.6. The highest BCUT2D eigenvalue weighted by molar-refractivity contribution is 5.83. The first-order valence-electron chi connectivity index (χ1n) is 9.80. The van der Waals surface area contributed by atoms with Crippen LogP contribution in [0.5, 0.6) is 0 Å². The molecule has 4 heteroatoms. The Morgan fingerprint density at radius 2 is 1.67 bits per heavy atom. The second kappa shape index (κ2) is 9.09. The third-order valence-corrected chi connectivity index (χ3v) is 5.05. The molecule has 4 rings (SSSR count). The SMILES string of the molecule is C#CC1COC(CCc2ccc(C#Cc3ccc4cc(F)ccc4c3)c(F)c2)OC1. The van der Waals surface area contributed by atoms with Crippen molar-refractivity contribution in [2.45, 2.75) is 19.1 Å². The lowest BCUT2D eigenvalue weighted by Gasteiger charge is -2.26. The van der Waals surface area contributed by atoms with Gasteiger partial charge in [0.1, 0.15) is 11.6 Å². The van der Waals surface area contributed by atoms with E-state index < -0.39 is 0 Å². The molecule has 0 radical (unpaired) electrons. The number of benzene rings is 3. The molecule has 0 aromatic heterocycles. The Bertz CT molecular complexity index is 1160. The molecular weight excluding hydrogens is 382 g/mol. The zero-order chi connectivity index (χ0) is 20.9. The maximum Gasteiger partial charge on any atom is 0.158 e. The fourth-order valence-corrected chi connectivity index (χ4v) is 3.34. The molecule has 0 aliphatic carbocycles. The van der Waals surface area contributed by atoms with Gasteiger partial charge in [-0.25, -0.2) is 8.78 Å². The van der Waals surface area contributed by atoms with Crippen molar-refractivity contribution in [2.75, 3.05) is 13.2 Å². The van der Waals surface area contributed by atoms with Crippen LogP contribution in [0.1, 0.15) is 23.1 Å². The van der Waals surface area contributed by atoms with Gasteiger partial charge in [-0.05, 0) is 59.2 Å². The second-order valence-electron chi connectivity index (χ2n) is 7.27. The molecule has 30 heavy (non-hydrogen) atoms. The molecule has 0 saturated carbocycles. The van der Waals surface area contributed by atoms with E-state index >= 15 is 0 Å². The third kappa shape index (κ3) is 4.86. The van der Waals surface area contributed by atoms with Crippen molar-refractivity contribution in [3.8, 4) is 24.2 Å². The Kier molecular flexibility index (Phi) is 6.10. The lowest BCUT2D eigenvalue weighted by Crippen LogP contribution is -2.31. The van der Waals surface area contributed by atoms with Crippen molar-refractivity contribution in [3.05, 3.63) is 82.9 Å². The van der Waals surface area contributed by atoms with Crippen molar-refractivity contribution < 1.29 is 18.3 Å². The molecule has 3 aromatic rings. The molecular formula is C26H20F2O2. The van der Waals surface area contributed by atoms with Crippen LogP contribution in [0.15, 0.2) is 54.6 Å². The zero-order valence-corrected chi connectivity index (χ0v) is 16.3. The van der Waals surface area contributed by atoms with E-state index in [1.807, 2.05) is 18.2 Å². The molecule has 0 atom stereocenters. The molecule has 0 spiro atoms. The maximum atomic E-state index is 14.5. The molecule has 1 aliphatic heterocycles. The van der Waals surface area contributed by atoms with Gasteiger partial charge in [0, 0.05) is 12.0 Å². The van der Waals surface area contributed by atoms with Crippen LogP contribution in [-0.2, 0) is 15.9 Å². The molecule has 1 fully saturated rings. The standard InChI is InChI=1S/C26H20F2O2/c1-2-18-16-29-26(30-17-18)12-6-20-4-8-21(25(28)14-20)7-3-19-5-9-23-15-24(27)11-10-22(23)13-19/h1,4-5,8-11,13-15,18,26H,6,12,16-17H2.